The monoisotopic (exact) mass is 552 g/mol. The van der Waals surface area contributed by atoms with Gasteiger partial charge in [-0.25, -0.2) is 0 Å². The standard InChI is InChI=1S/C32H38Cl2N2O2/c1-22(2)25-17-14-23(15-18-25)16-19-30(37)36(21-26-27(33)12-9-13-28(26)34)29(31(38)35-32(3,4)5)20-24-10-7-6-8-11-24/h6-15,17-18,22,29H,16,19-21H2,1-5H3,(H,35,38). The Morgan fingerprint density at radius 3 is 2.00 bits per heavy atom. The molecule has 0 radical (unpaired) electrons. The highest BCUT2D eigenvalue weighted by molar-refractivity contribution is 6.36. The van der Waals surface area contributed by atoms with Gasteiger partial charge in [0.25, 0.3) is 0 Å². The Morgan fingerprint density at radius 2 is 1.45 bits per heavy atom. The van der Waals surface area contributed by atoms with Crippen LogP contribution in [0.1, 0.15) is 69.2 Å². The van der Waals surface area contributed by atoms with Crippen LogP contribution in [0.5, 0.6) is 0 Å². The van der Waals surface area contributed by atoms with Gasteiger partial charge in [0.1, 0.15) is 6.04 Å². The van der Waals surface area contributed by atoms with Crippen LogP contribution in [0, 0.1) is 0 Å². The number of nitrogens with zero attached hydrogens (tertiary/aromatic N) is 1. The molecular formula is C32H38Cl2N2O2. The minimum Gasteiger partial charge on any atom is -0.350 e. The van der Waals surface area contributed by atoms with Crippen LogP contribution < -0.4 is 5.32 Å². The summed E-state index contributed by atoms with van der Waals surface area (Å²) in [5, 5.41) is 4.02. The number of hydrogen-bond donors (Lipinski definition) is 1. The third-order valence-corrected chi connectivity index (χ3v) is 7.14. The van der Waals surface area contributed by atoms with E-state index in [1.165, 1.54) is 5.56 Å². The zero-order chi connectivity index (χ0) is 27.9. The third-order valence-electron chi connectivity index (χ3n) is 6.43. The molecule has 0 spiro atoms. The second-order valence-electron chi connectivity index (χ2n) is 11.1. The number of halogens is 2. The predicted molar refractivity (Wildman–Crippen MR) is 158 cm³/mol. The van der Waals surface area contributed by atoms with Crippen molar-refractivity contribution in [3.05, 3.63) is 105 Å². The molecule has 1 unspecified atom stereocenters. The maximum atomic E-state index is 13.9. The van der Waals surface area contributed by atoms with Gasteiger partial charge in [-0.05, 0) is 61.9 Å². The van der Waals surface area contributed by atoms with Crippen LogP contribution in [-0.2, 0) is 29.0 Å². The van der Waals surface area contributed by atoms with Crippen molar-refractivity contribution in [2.45, 2.75) is 77.9 Å². The van der Waals surface area contributed by atoms with Gasteiger partial charge in [0.05, 0.1) is 0 Å². The molecule has 1 atom stereocenters. The molecule has 3 aromatic rings. The summed E-state index contributed by atoms with van der Waals surface area (Å²) in [4.78, 5) is 29.2. The zero-order valence-corrected chi connectivity index (χ0v) is 24.4. The van der Waals surface area contributed by atoms with E-state index in [9.17, 15) is 9.59 Å². The van der Waals surface area contributed by atoms with E-state index in [-0.39, 0.29) is 24.8 Å². The van der Waals surface area contributed by atoms with Crippen molar-refractivity contribution >= 4 is 35.0 Å². The molecule has 0 bridgehead atoms. The first-order valence-corrected chi connectivity index (χ1v) is 13.9. The lowest BCUT2D eigenvalue weighted by Gasteiger charge is -2.34. The molecule has 38 heavy (non-hydrogen) atoms. The second kappa shape index (κ2) is 13.3. The normalized spacial score (nSPS) is 12.3. The summed E-state index contributed by atoms with van der Waals surface area (Å²) in [5.41, 5.74) is 3.48. The fourth-order valence-electron chi connectivity index (χ4n) is 4.32. The van der Waals surface area contributed by atoms with Crippen molar-refractivity contribution in [2.75, 3.05) is 0 Å². The highest BCUT2D eigenvalue weighted by Crippen LogP contribution is 2.28. The van der Waals surface area contributed by atoms with Gasteiger partial charge in [0.2, 0.25) is 11.8 Å². The number of nitrogens with one attached hydrogen (secondary N) is 1. The molecule has 0 heterocycles. The highest BCUT2D eigenvalue weighted by Gasteiger charge is 2.32. The summed E-state index contributed by atoms with van der Waals surface area (Å²) < 4.78 is 0. The van der Waals surface area contributed by atoms with Gasteiger partial charge in [-0.1, -0.05) is 97.7 Å². The van der Waals surface area contributed by atoms with Crippen molar-refractivity contribution in [2.24, 2.45) is 0 Å². The lowest BCUT2D eigenvalue weighted by Crippen LogP contribution is -2.54. The Labute approximate surface area is 237 Å². The minimum atomic E-state index is -0.736. The van der Waals surface area contributed by atoms with Gasteiger partial charge < -0.3 is 10.2 Å². The second-order valence-corrected chi connectivity index (χ2v) is 11.9. The Balaban J connectivity index is 1.95. The van der Waals surface area contributed by atoms with Gasteiger partial charge in [-0.15, -0.1) is 0 Å². The number of amides is 2. The first kappa shape index (κ1) is 29.7. The van der Waals surface area contributed by atoms with Crippen molar-refractivity contribution in [1.82, 2.24) is 10.2 Å². The Kier molecular flexibility index (Phi) is 10.4. The van der Waals surface area contributed by atoms with E-state index >= 15 is 0 Å². The van der Waals surface area contributed by atoms with Crippen LogP contribution in [0.25, 0.3) is 0 Å². The quantitative estimate of drug-likeness (QED) is 0.281. The van der Waals surface area contributed by atoms with E-state index in [4.69, 9.17) is 23.2 Å². The first-order valence-electron chi connectivity index (χ1n) is 13.1. The summed E-state index contributed by atoms with van der Waals surface area (Å²) in [6.45, 7) is 10.3. The molecule has 3 rings (SSSR count). The summed E-state index contributed by atoms with van der Waals surface area (Å²) in [6, 6.07) is 22.7. The summed E-state index contributed by atoms with van der Waals surface area (Å²) >= 11 is 13.0. The maximum Gasteiger partial charge on any atom is 0.243 e. The minimum absolute atomic E-state index is 0.126. The number of carbonyl (C=O) groups is 2. The number of aryl methyl sites for hydroxylation is 1. The topological polar surface area (TPSA) is 49.4 Å². The first-order chi connectivity index (χ1) is 17.9. The molecular weight excluding hydrogens is 515 g/mol. The Morgan fingerprint density at radius 1 is 0.842 bits per heavy atom. The van der Waals surface area contributed by atoms with Gasteiger partial charge >= 0.3 is 0 Å². The van der Waals surface area contributed by atoms with Gasteiger partial charge in [0.15, 0.2) is 0 Å². The SMILES string of the molecule is CC(C)c1ccc(CCC(=O)N(Cc2c(Cl)cccc2Cl)C(Cc2ccccc2)C(=O)NC(C)(C)C)cc1. The van der Waals surface area contributed by atoms with Crippen LogP contribution >= 0.6 is 23.2 Å². The molecule has 0 aliphatic rings. The fourth-order valence-corrected chi connectivity index (χ4v) is 4.84. The molecule has 202 valence electrons. The summed E-state index contributed by atoms with van der Waals surface area (Å²) in [7, 11) is 0. The number of rotatable bonds is 10. The van der Waals surface area contributed by atoms with Gasteiger partial charge in [-0.2, -0.15) is 0 Å². The van der Waals surface area contributed by atoms with E-state index in [0.29, 0.717) is 34.4 Å². The van der Waals surface area contributed by atoms with Crippen molar-refractivity contribution in [3.63, 3.8) is 0 Å². The predicted octanol–water partition coefficient (Wildman–Crippen LogP) is 7.60. The number of hydrogen-bond acceptors (Lipinski definition) is 2. The highest BCUT2D eigenvalue weighted by atomic mass is 35.5. The molecule has 1 N–H and O–H groups in total. The molecule has 0 fully saturated rings. The average molecular weight is 554 g/mol. The molecule has 0 saturated carbocycles. The molecule has 2 amide bonds. The summed E-state index contributed by atoms with van der Waals surface area (Å²) in [6.07, 6.45) is 1.21. The smallest absolute Gasteiger partial charge is 0.243 e. The molecule has 3 aromatic carbocycles. The number of benzene rings is 3. The molecule has 4 nitrogen and oxygen atoms in total. The molecule has 6 heteroatoms. The van der Waals surface area contributed by atoms with Crippen LogP contribution in [0.4, 0.5) is 0 Å². The van der Waals surface area contributed by atoms with Crippen LogP contribution in [-0.4, -0.2) is 28.3 Å². The lowest BCUT2D eigenvalue weighted by atomic mass is 9.98. The van der Waals surface area contributed by atoms with E-state index in [0.717, 1.165) is 11.1 Å². The fraction of sp³-hybridized carbons (Fsp3) is 0.375. The number of carbonyl (C=O) groups excluding carboxylic acids is 2. The van der Waals surface area contributed by atoms with Crippen molar-refractivity contribution in [1.29, 1.82) is 0 Å². The molecule has 0 aromatic heterocycles. The van der Waals surface area contributed by atoms with Crippen LogP contribution in [0.2, 0.25) is 10.0 Å². The van der Waals surface area contributed by atoms with Crippen molar-refractivity contribution < 1.29 is 9.59 Å². The third kappa shape index (κ3) is 8.61. The average Bonchev–Trinajstić information content (AvgIpc) is 2.86. The Bertz CT molecular complexity index is 1200. The van der Waals surface area contributed by atoms with Crippen LogP contribution in [0.15, 0.2) is 72.8 Å². The van der Waals surface area contributed by atoms with Crippen molar-refractivity contribution in [3.8, 4) is 0 Å². The van der Waals surface area contributed by atoms with Gasteiger partial charge in [0, 0.05) is 40.5 Å². The maximum absolute atomic E-state index is 13.9. The molecule has 0 aliphatic carbocycles. The zero-order valence-electron chi connectivity index (χ0n) is 22.9. The molecule has 0 aliphatic heterocycles. The van der Waals surface area contributed by atoms with Gasteiger partial charge in [-0.3, -0.25) is 9.59 Å². The van der Waals surface area contributed by atoms with E-state index in [1.54, 1.807) is 23.1 Å². The van der Waals surface area contributed by atoms with Crippen LogP contribution in [0.3, 0.4) is 0 Å². The van der Waals surface area contributed by atoms with E-state index < -0.39 is 11.6 Å². The molecule has 0 saturated heterocycles. The van der Waals surface area contributed by atoms with E-state index in [2.05, 4.69) is 43.4 Å². The van der Waals surface area contributed by atoms with E-state index in [1.807, 2.05) is 51.1 Å². The largest absolute Gasteiger partial charge is 0.350 e. The summed E-state index contributed by atoms with van der Waals surface area (Å²) in [5.74, 6) is 0.111. The lowest BCUT2D eigenvalue weighted by molar-refractivity contribution is -0.141. The Hall–Kier alpha value is -2.82.